The molecule has 4 heteroatoms. The van der Waals surface area contributed by atoms with Crippen LogP contribution in [0.15, 0.2) is 6.07 Å². The van der Waals surface area contributed by atoms with Gasteiger partial charge in [0.05, 0.1) is 7.11 Å². The standard InChI is InChI=1S/C12H18ClNO2/c1-7-8(6-12(2,3)14)11(15)10(16-4)5-9(7)13/h5,15H,6,14H2,1-4H3. The zero-order chi connectivity index (χ0) is 12.5. The third-order valence-electron chi connectivity index (χ3n) is 2.44. The average molecular weight is 244 g/mol. The molecule has 0 radical (unpaired) electrons. The van der Waals surface area contributed by atoms with Crippen molar-refractivity contribution in [1.29, 1.82) is 0 Å². The van der Waals surface area contributed by atoms with Crippen molar-refractivity contribution in [3.05, 3.63) is 22.2 Å². The number of rotatable bonds is 3. The Morgan fingerprint density at radius 1 is 1.50 bits per heavy atom. The van der Waals surface area contributed by atoms with Gasteiger partial charge in [-0.05, 0) is 32.8 Å². The summed E-state index contributed by atoms with van der Waals surface area (Å²) in [6.45, 7) is 5.67. The molecule has 3 N–H and O–H groups in total. The van der Waals surface area contributed by atoms with Gasteiger partial charge in [0.1, 0.15) is 0 Å². The lowest BCUT2D eigenvalue weighted by Crippen LogP contribution is -2.34. The van der Waals surface area contributed by atoms with Crippen LogP contribution in [0, 0.1) is 6.92 Å². The molecule has 16 heavy (non-hydrogen) atoms. The Bertz CT molecular complexity index is 397. The van der Waals surface area contributed by atoms with E-state index in [-0.39, 0.29) is 5.75 Å². The first-order chi connectivity index (χ1) is 7.26. The molecule has 0 aliphatic heterocycles. The van der Waals surface area contributed by atoms with Gasteiger partial charge in [-0.2, -0.15) is 0 Å². The second kappa shape index (κ2) is 4.52. The summed E-state index contributed by atoms with van der Waals surface area (Å²) in [5, 5.41) is 10.6. The number of phenols is 1. The number of phenolic OH excluding ortho intramolecular Hbond substituents is 1. The summed E-state index contributed by atoms with van der Waals surface area (Å²) >= 11 is 6.07. The summed E-state index contributed by atoms with van der Waals surface area (Å²) in [4.78, 5) is 0. The van der Waals surface area contributed by atoms with Crippen molar-refractivity contribution >= 4 is 11.6 Å². The monoisotopic (exact) mass is 243 g/mol. The summed E-state index contributed by atoms with van der Waals surface area (Å²) in [6, 6.07) is 1.61. The van der Waals surface area contributed by atoms with E-state index in [2.05, 4.69) is 0 Å². The van der Waals surface area contributed by atoms with Crippen molar-refractivity contribution < 1.29 is 9.84 Å². The molecule has 0 amide bonds. The van der Waals surface area contributed by atoms with Crippen molar-refractivity contribution in [2.24, 2.45) is 5.73 Å². The Morgan fingerprint density at radius 2 is 2.06 bits per heavy atom. The molecule has 0 saturated carbocycles. The molecule has 1 aromatic rings. The van der Waals surface area contributed by atoms with Gasteiger partial charge < -0.3 is 15.6 Å². The Labute approximate surface area is 101 Å². The van der Waals surface area contributed by atoms with E-state index in [0.29, 0.717) is 17.2 Å². The summed E-state index contributed by atoms with van der Waals surface area (Å²) in [5.41, 5.74) is 7.14. The quantitative estimate of drug-likeness (QED) is 0.858. The van der Waals surface area contributed by atoms with Crippen LogP contribution in [-0.4, -0.2) is 17.8 Å². The summed E-state index contributed by atoms with van der Waals surface area (Å²) in [6.07, 6.45) is 0.543. The fraction of sp³-hybridized carbons (Fsp3) is 0.500. The molecule has 0 aromatic heterocycles. The lowest BCUT2D eigenvalue weighted by atomic mass is 9.92. The Balaban J connectivity index is 3.30. The van der Waals surface area contributed by atoms with E-state index < -0.39 is 5.54 Å². The zero-order valence-electron chi connectivity index (χ0n) is 10.1. The van der Waals surface area contributed by atoms with Gasteiger partial charge in [0.15, 0.2) is 11.5 Å². The first-order valence-electron chi connectivity index (χ1n) is 5.10. The number of ether oxygens (including phenoxy) is 1. The largest absolute Gasteiger partial charge is 0.504 e. The number of halogens is 1. The van der Waals surface area contributed by atoms with E-state index in [9.17, 15) is 5.11 Å². The van der Waals surface area contributed by atoms with Crippen LogP contribution >= 0.6 is 11.6 Å². The first kappa shape index (κ1) is 13.1. The summed E-state index contributed by atoms with van der Waals surface area (Å²) in [7, 11) is 1.50. The van der Waals surface area contributed by atoms with Crippen LogP contribution in [-0.2, 0) is 6.42 Å². The van der Waals surface area contributed by atoms with E-state index in [1.165, 1.54) is 7.11 Å². The molecule has 0 bridgehead atoms. The van der Waals surface area contributed by atoms with E-state index >= 15 is 0 Å². The zero-order valence-corrected chi connectivity index (χ0v) is 10.9. The fourth-order valence-electron chi connectivity index (χ4n) is 1.59. The number of nitrogens with two attached hydrogens (primary N) is 1. The third-order valence-corrected chi connectivity index (χ3v) is 2.83. The highest BCUT2D eigenvalue weighted by Crippen LogP contribution is 2.38. The highest BCUT2D eigenvalue weighted by molar-refractivity contribution is 6.31. The van der Waals surface area contributed by atoms with Gasteiger partial charge in [-0.1, -0.05) is 11.6 Å². The lowest BCUT2D eigenvalue weighted by molar-refractivity contribution is 0.367. The maximum Gasteiger partial charge on any atom is 0.162 e. The van der Waals surface area contributed by atoms with Crippen LogP contribution in [0.5, 0.6) is 11.5 Å². The van der Waals surface area contributed by atoms with E-state index in [1.807, 2.05) is 20.8 Å². The van der Waals surface area contributed by atoms with Gasteiger partial charge in [0.2, 0.25) is 0 Å². The highest BCUT2D eigenvalue weighted by Gasteiger charge is 2.20. The van der Waals surface area contributed by atoms with Gasteiger partial charge in [0, 0.05) is 22.2 Å². The maximum atomic E-state index is 10.0. The summed E-state index contributed by atoms with van der Waals surface area (Å²) in [5.74, 6) is 0.512. The molecule has 0 unspecified atom stereocenters. The number of methoxy groups -OCH3 is 1. The lowest BCUT2D eigenvalue weighted by Gasteiger charge is -2.22. The van der Waals surface area contributed by atoms with E-state index in [0.717, 1.165) is 11.1 Å². The molecule has 3 nitrogen and oxygen atoms in total. The molecular formula is C12H18ClNO2. The molecule has 0 heterocycles. The van der Waals surface area contributed by atoms with Crippen molar-refractivity contribution in [1.82, 2.24) is 0 Å². The normalized spacial score (nSPS) is 11.6. The molecule has 0 saturated heterocycles. The number of hydrogen-bond donors (Lipinski definition) is 2. The minimum atomic E-state index is -0.405. The second-order valence-corrected chi connectivity index (χ2v) is 5.09. The van der Waals surface area contributed by atoms with E-state index in [1.54, 1.807) is 6.07 Å². The average Bonchev–Trinajstić information content (AvgIpc) is 2.17. The van der Waals surface area contributed by atoms with Crippen LogP contribution in [0.1, 0.15) is 25.0 Å². The SMILES string of the molecule is COc1cc(Cl)c(C)c(CC(C)(C)N)c1O. The van der Waals surface area contributed by atoms with Crippen LogP contribution in [0.4, 0.5) is 0 Å². The van der Waals surface area contributed by atoms with Crippen LogP contribution in [0.3, 0.4) is 0 Å². The highest BCUT2D eigenvalue weighted by atomic mass is 35.5. The first-order valence-corrected chi connectivity index (χ1v) is 5.48. The third kappa shape index (κ3) is 2.80. The predicted molar refractivity (Wildman–Crippen MR) is 66.4 cm³/mol. The van der Waals surface area contributed by atoms with Gasteiger partial charge in [-0.3, -0.25) is 0 Å². The molecule has 0 aliphatic rings. The van der Waals surface area contributed by atoms with Crippen molar-refractivity contribution in [2.75, 3.05) is 7.11 Å². The topological polar surface area (TPSA) is 55.5 Å². The van der Waals surface area contributed by atoms with Crippen LogP contribution < -0.4 is 10.5 Å². The predicted octanol–water partition coefficient (Wildman–Crippen LogP) is 2.64. The molecule has 1 rings (SSSR count). The molecule has 0 spiro atoms. The minimum Gasteiger partial charge on any atom is -0.504 e. The molecule has 90 valence electrons. The van der Waals surface area contributed by atoms with Crippen LogP contribution in [0.25, 0.3) is 0 Å². The van der Waals surface area contributed by atoms with Gasteiger partial charge >= 0.3 is 0 Å². The Kier molecular flexibility index (Phi) is 3.71. The molecular weight excluding hydrogens is 226 g/mol. The van der Waals surface area contributed by atoms with Crippen molar-refractivity contribution in [2.45, 2.75) is 32.7 Å². The van der Waals surface area contributed by atoms with Gasteiger partial charge in [-0.15, -0.1) is 0 Å². The van der Waals surface area contributed by atoms with Crippen molar-refractivity contribution in [3.63, 3.8) is 0 Å². The second-order valence-electron chi connectivity index (χ2n) is 4.68. The van der Waals surface area contributed by atoms with Crippen LogP contribution in [0.2, 0.25) is 5.02 Å². The Morgan fingerprint density at radius 3 is 2.50 bits per heavy atom. The molecule has 0 fully saturated rings. The Hall–Kier alpha value is -0.930. The fourth-order valence-corrected chi connectivity index (χ4v) is 1.80. The maximum absolute atomic E-state index is 10.0. The molecule has 0 atom stereocenters. The van der Waals surface area contributed by atoms with Gasteiger partial charge in [0.25, 0.3) is 0 Å². The molecule has 0 aliphatic carbocycles. The number of benzene rings is 1. The summed E-state index contributed by atoms with van der Waals surface area (Å²) < 4.78 is 5.06. The van der Waals surface area contributed by atoms with Gasteiger partial charge in [-0.25, -0.2) is 0 Å². The number of hydrogen-bond acceptors (Lipinski definition) is 3. The molecule has 1 aromatic carbocycles. The van der Waals surface area contributed by atoms with Crippen molar-refractivity contribution in [3.8, 4) is 11.5 Å². The van der Waals surface area contributed by atoms with E-state index in [4.69, 9.17) is 22.1 Å². The minimum absolute atomic E-state index is 0.128. The number of aromatic hydroxyl groups is 1. The smallest absolute Gasteiger partial charge is 0.162 e.